The summed E-state index contributed by atoms with van der Waals surface area (Å²) in [6.07, 6.45) is 1.47. The minimum atomic E-state index is -0.364. The SMILES string of the molecule is COc1ccccc1NC(=O)COc1ccccc1/C=N/NC(=O)c1ccc(-c2csc(Nc3ccc(C)cc3)n2)cc1. The molecule has 0 aliphatic rings. The molecule has 0 bridgehead atoms. The average molecular weight is 592 g/mol. The van der Waals surface area contributed by atoms with Gasteiger partial charge in [-0.3, -0.25) is 9.59 Å². The maximum absolute atomic E-state index is 12.7. The van der Waals surface area contributed by atoms with Crippen LogP contribution in [-0.4, -0.2) is 36.7 Å². The number of rotatable bonds is 11. The van der Waals surface area contributed by atoms with Gasteiger partial charge in [-0.2, -0.15) is 5.10 Å². The topological polar surface area (TPSA) is 114 Å². The maximum atomic E-state index is 12.7. The second-order valence-electron chi connectivity index (χ2n) is 9.38. The number of hydrogen-bond donors (Lipinski definition) is 3. The fourth-order valence-corrected chi connectivity index (χ4v) is 4.78. The molecule has 1 heterocycles. The molecule has 216 valence electrons. The number of aromatic nitrogens is 1. The zero-order valence-corrected chi connectivity index (χ0v) is 24.4. The van der Waals surface area contributed by atoms with Crippen molar-refractivity contribution in [1.29, 1.82) is 0 Å². The fourth-order valence-electron chi connectivity index (χ4n) is 4.04. The third kappa shape index (κ3) is 7.84. The van der Waals surface area contributed by atoms with E-state index in [-0.39, 0.29) is 18.4 Å². The summed E-state index contributed by atoms with van der Waals surface area (Å²) in [5.74, 6) is 0.290. The van der Waals surface area contributed by atoms with E-state index in [0.717, 1.165) is 22.1 Å². The number of ether oxygens (including phenoxy) is 2. The summed E-state index contributed by atoms with van der Waals surface area (Å²) in [7, 11) is 1.54. The molecule has 0 saturated heterocycles. The fraction of sp³-hybridized carbons (Fsp3) is 0.0909. The largest absolute Gasteiger partial charge is 0.495 e. The van der Waals surface area contributed by atoms with Crippen molar-refractivity contribution < 1.29 is 19.1 Å². The number of thiazole rings is 1. The summed E-state index contributed by atoms with van der Waals surface area (Å²) in [5, 5.41) is 12.9. The van der Waals surface area contributed by atoms with Crippen molar-refractivity contribution in [2.24, 2.45) is 5.10 Å². The summed E-state index contributed by atoms with van der Waals surface area (Å²) < 4.78 is 11.0. The van der Waals surface area contributed by atoms with Gasteiger partial charge in [0.25, 0.3) is 11.8 Å². The van der Waals surface area contributed by atoms with Crippen LogP contribution in [0.2, 0.25) is 0 Å². The van der Waals surface area contributed by atoms with Gasteiger partial charge in [0.15, 0.2) is 11.7 Å². The number of nitrogens with one attached hydrogen (secondary N) is 3. The summed E-state index contributed by atoms with van der Waals surface area (Å²) in [4.78, 5) is 29.8. The van der Waals surface area contributed by atoms with Crippen LogP contribution in [0.15, 0.2) is 108 Å². The van der Waals surface area contributed by atoms with Gasteiger partial charge in [-0.25, -0.2) is 10.4 Å². The first-order valence-electron chi connectivity index (χ1n) is 13.4. The Bertz CT molecular complexity index is 1730. The van der Waals surface area contributed by atoms with Crippen LogP contribution >= 0.6 is 11.3 Å². The van der Waals surface area contributed by atoms with Gasteiger partial charge in [-0.15, -0.1) is 11.3 Å². The molecule has 1 aromatic heterocycles. The molecule has 5 aromatic rings. The number of aryl methyl sites for hydroxylation is 1. The molecule has 0 radical (unpaired) electrons. The highest BCUT2D eigenvalue weighted by Gasteiger charge is 2.11. The van der Waals surface area contributed by atoms with Crippen molar-refractivity contribution in [3.63, 3.8) is 0 Å². The van der Waals surface area contributed by atoms with Gasteiger partial charge >= 0.3 is 0 Å². The number of hydrogen-bond acceptors (Lipinski definition) is 8. The highest BCUT2D eigenvalue weighted by Crippen LogP contribution is 2.28. The molecule has 5 rings (SSSR count). The van der Waals surface area contributed by atoms with Crippen LogP contribution in [0.5, 0.6) is 11.5 Å². The monoisotopic (exact) mass is 591 g/mol. The quantitative estimate of drug-likeness (QED) is 0.117. The van der Waals surface area contributed by atoms with Crippen LogP contribution in [0.1, 0.15) is 21.5 Å². The van der Waals surface area contributed by atoms with Crippen LogP contribution in [-0.2, 0) is 4.79 Å². The number of carbonyl (C=O) groups is 2. The first-order chi connectivity index (χ1) is 21.0. The molecule has 2 amide bonds. The van der Waals surface area contributed by atoms with Gasteiger partial charge in [-0.1, -0.05) is 54.1 Å². The number of hydrazone groups is 1. The number of amides is 2. The van der Waals surface area contributed by atoms with E-state index in [1.54, 1.807) is 48.5 Å². The first kappa shape index (κ1) is 29.0. The zero-order chi connectivity index (χ0) is 30.0. The Kier molecular flexibility index (Phi) is 9.40. The van der Waals surface area contributed by atoms with Crippen LogP contribution in [0.3, 0.4) is 0 Å². The van der Waals surface area contributed by atoms with Crippen molar-refractivity contribution in [3.8, 4) is 22.8 Å². The lowest BCUT2D eigenvalue weighted by atomic mass is 10.1. The standard InChI is InChI=1S/C33H29N5O4S/c1-22-11-17-26(18-12-22)35-33-37-28(21-43-33)23-13-15-24(16-14-23)32(40)38-34-19-25-7-3-5-9-29(25)42-20-31(39)36-27-8-4-6-10-30(27)41-2/h3-19,21H,20H2,1-2H3,(H,35,37)(H,36,39)(H,38,40)/b34-19+. The molecule has 3 N–H and O–H groups in total. The minimum Gasteiger partial charge on any atom is -0.495 e. The van der Waals surface area contributed by atoms with E-state index < -0.39 is 0 Å². The molecule has 0 saturated carbocycles. The molecule has 4 aromatic carbocycles. The summed E-state index contributed by atoms with van der Waals surface area (Å²) in [6, 6.07) is 29.5. The smallest absolute Gasteiger partial charge is 0.271 e. The van der Waals surface area contributed by atoms with E-state index in [0.29, 0.717) is 28.3 Å². The number of benzene rings is 4. The van der Waals surface area contributed by atoms with Gasteiger partial charge in [0, 0.05) is 27.8 Å². The Morgan fingerprint density at radius 3 is 2.40 bits per heavy atom. The molecule has 0 unspecified atom stereocenters. The molecule has 9 nitrogen and oxygen atoms in total. The Morgan fingerprint density at radius 2 is 1.63 bits per heavy atom. The summed E-state index contributed by atoms with van der Waals surface area (Å²) in [5.41, 5.74) is 8.02. The average Bonchev–Trinajstić information content (AvgIpc) is 3.50. The van der Waals surface area contributed by atoms with E-state index in [9.17, 15) is 9.59 Å². The maximum Gasteiger partial charge on any atom is 0.271 e. The lowest BCUT2D eigenvalue weighted by Gasteiger charge is -2.11. The molecule has 0 aliphatic heterocycles. The molecule has 43 heavy (non-hydrogen) atoms. The number of carbonyl (C=O) groups excluding carboxylic acids is 2. The molecular weight excluding hydrogens is 562 g/mol. The van der Waals surface area contributed by atoms with Crippen molar-refractivity contribution in [3.05, 3.63) is 119 Å². The van der Waals surface area contributed by atoms with E-state index >= 15 is 0 Å². The summed E-state index contributed by atoms with van der Waals surface area (Å²) >= 11 is 1.51. The van der Waals surface area contributed by atoms with Gasteiger partial charge in [0.1, 0.15) is 11.5 Å². The third-order valence-electron chi connectivity index (χ3n) is 6.28. The van der Waals surface area contributed by atoms with Gasteiger partial charge in [-0.05, 0) is 55.5 Å². The predicted octanol–water partition coefficient (Wildman–Crippen LogP) is 6.65. The van der Waals surface area contributed by atoms with Gasteiger partial charge in [0.2, 0.25) is 0 Å². The van der Waals surface area contributed by atoms with Crippen LogP contribution < -0.4 is 25.5 Å². The van der Waals surface area contributed by atoms with E-state index in [4.69, 9.17) is 9.47 Å². The minimum absolute atomic E-state index is 0.218. The molecule has 0 fully saturated rings. The van der Waals surface area contributed by atoms with Crippen molar-refractivity contribution in [2.75, 3.05) is 24.4 Å². The van der Waals surface area contributed by atoms with E-state index in [1.165, 1.54) is 30.2 Å². The number of methoxy groups -OCH3 is 1. The van der Waals surface area contributed by atoms with Crippen LogP contribution in [0, 0.1) is 6.92 Å². The number of anilines is 3. The Labute approximate surface area is 253 Å². The Morgan fingerprint density at radius 1 is 0.907 bits per heavy atom. The number of para-hydroxylation sites is 3. The van der Waals surface area contributed by atoms with Gasteiger partial charge in [0.05, 0.1) is 24.7 Å². The number of nitrogens with zero attached hydrogens (tertiary/aromatic N) is 2. The molecule has 0 atom stereocenters. The Hall–Kier alpha value is -5.48. The highest BCUT2D eigenvalue weighted by molar-refractivity contribution is 7.14. The molecular formula is C33H29N5O4S. The highest BCUT2D eigenvalue weighted by atomic mass is 32.1. The van der Waals surface area contributed by atoms with Crippen molar-refractivity contribution >= 4 is 45.9 Å². The van der Waals surface area contributed by atoms with Crippen molar-refractivity contribution in [2.45, 2.75) is 6.92 Å². The van der Waals surface area contributed by atoms with Crippen molar-refractivity contribution in [1.82, 2.24) is 10.4 Å². The Balaban J connectivity index is 1.14. The van der Waals surface area contributed by atoms with E-state index in [2.05, 4.69) is 26.1 Å². The van der Waals surface area contributed by atoms with E-state index in [1.807, 2.05) is 60.8 Å². The lowest BCUT2D eigenvalue weighted by molar-refractivity contribution is -0.118. The third-order valence-corrected chi connectivity index (χ3v) is 7.04. The molecule has 0 spiro atoms. The summed E-state index contributed by atoms with van der Waals surface area (Å²) in [6.45, 7) is 1.83. The van der Waals surface area contributed by atoms with Crippen LogP contribution in [0.25, 0.3) is 11.3 Å². The second kappa shape index (κ2) is 13.9. The normalized spacial score (nSPS) is 10.7. The molecule has 10 heteroatoms. The first-order valence-corrected chi connectivity index (χ1v) is 14.2. The predicted molar refractivity (Wildman–Crippen MR) is 171 cm³/mol. The lowest BCUT2D eigenvalue weighted by Crippen LogP contribution is -2.21. The van der Waals surface area contributed by atoms with Gasteiger partial charge < -0.3 is 20.1 Å². The zero-order valence-electron chi connectivity index (χ0n) is 23.5. The second-order valence-corrected chi connectivity index (χ2v) is 10.2. The van der Waals surface area contributed by atoms with Crippen LogP contribution in [0.4, 0.5) is 16.5 Å². The molecule has 0 aliphatic carbocycles.